The highest BCUT2D eigenvalue weighted by Crippen LogP contribution is 2.70. The molecule has 28 heavy (non-hydrogen) atoms. The summed E-state index contributed by atoms with van der Waals surface area (Å²) in [7, 11) is 0. The lowest BCUT2D eigenvalue weighted by molar-refractivity contribution is 0.0946. The Kier molecular flexibility index (Phi) is 4.32. The van der Waals surface area contributed by atoms with Crippen LogP contribution in [0.2, 0.25) is 0 Å². The van der Waals surface area contributed by atoms with Crippen molar-refractivity contribution in [1.82, 2.24) is 25.0 Å². The lowest BCUT2D eigenvalue weighted by atomic mass is 9.80. The molecule has 2 N–H and O–H groups in total. The minimum absolute atomic E-state index is 0.124. The average Bonchev–Trinajstić information content (AvgIpc) is 3.02. The molecule has 4 rings (SSSR count). The minimum atomic E-state index is -0.838. The molecule has 1 saturated heterocycles. The Morgan fingerprint density at radius 3 is 2.64 bits per heavy atom. The maximum atomic E-state index is 12.6. The Morgan fingerprint density at radius 1 is 1.29 bits per heavy atom. The number of amides is 2. The molecule has 0 aromatic carbocycles. The van der Waals surface area contributed by atoms with E-state index >= 15 is 0 Å². The van der Waals surface area contributed by atoms with E-state index in [1.807, 2.05) is 6.07 Å². The molecule has 3 heterocycles. The molecular weight excluding hydrogens is 358 g/mol. The number of carbonyl (C=O) groups excluding carboxylic acids is 1. The van der Waals surface area contributed by atoms with Crippen LogP contribution in [-0.2, 0) is 0 Å². The number of carbonyl (C=O) groups is 2. The normalized spacial score (nSPS) is 23.8. The molecule has 0 bridgehead atoms. The number of hydrogen-bond donors (Lipinski definition) is 2. The fraction of sp³-hybridized carbons (Fsp3) is 0.600. The predicted octanol–water partition coefficient (Wildman–Crippen LogP) is 2.51. The van der Waals surface area contributed by atoms with Gasteiger partial charge in [0.2, 0.25) is 0 Å². The van der Waals surface area contributed by atoms with E-state index < -0.39 is 6.09 Å². The molecule has 1 aliphatic carbocycles. The Bertz CT molecular complexity index is 908. The van der Waals surface area contributed by atoms with Crippen molar-refractivity contribution in [3.05, 3.63) is 30.1 Å². The summed E-state index contributed by atoms with van der Waals surface area (Å²) in [4.78, 5) is 25.4. The maximum Gasteiger partial charge on any atom is 0.407 e. The van der Waals surface area contributed by atoms with Crippen LogP contribution in [0.5, 0.6) is 0 Å². The molecule has 1 spiro atoms. The topological polar surface area (TPSA) is 99.8 Å². The van der Waals surface area contributed by atoms with Gasteiger partial charge in [-0.25, -0.2) is 4.79 Å². The summed E-state index contributed by atoms with van der Waals surface area (Å²) in [5, 5.41) is 20.5. The number of rotatable bonds is 3. The van der Waals surface area contributed by atoms with Crippen molar-refractivity contribution in [1.29, 1.82) is 0 Å². The van der Waals surface area contributed by atoms with E-state index in [0.29, 0.717) is 37.0 Å². The minimum Gasteiger partial charge on any atom is -0.465 e. The zero-order chi connectivity index (χ0) is 20.1. The number of fused-ring (bicyclic) bond motifs is 1. The van der Waals surface area contributed by atoms with Crippen molar-refractivity contribution < 1.29 is 14.7 Å². The summed E-state index contributed by atoms with van der Waals surface area (Å²) in [6.45, 7) is 8.48. The summed E-state index contributed by atoms with van der Waals surface area (Å²) in [6.07, 6.45) is 4.08. The molecule has 2 amide bonds. The lowest BCUT2D eigenvalue weighted by Gasteiger charge is -2.33. The van der Waals surface area contributed by atoms with Crippen molar-refractivity contribution in [2.24, 2.45) is 22.7 Å². The van der Waals surface area contributed by atoms with Crippen LogP contribution in [0.1, 0.15) is 44.0 Å². The smallest absolute Gasteiger partial charge is 0.407 e. The second kappa shape index (κ2) is 6.46. The molecule has 1 aliphatic heterocycles. The Labute approximate surface area is 163 Å². The van der Waals surface area contributed by atoms with Gasteiger partial charge in [0, 0.05) is 19.6 Å². The van der Waals surface area contributed by atoms with Gasteiger partial charge in [0.1, 0.15) is 0 Å². The number of nitrogens with zero attached hydrogens (tertiary/aromatic N) is 4. The van der Waals surface area contributed by atoms with Crippen LogP contribution in [0.15, 0.2) is 24.5 Å². The zero-order valence-corrected chi connectivity index (χ0v) is 16.6. The number of aromatic nitrogens is 3. The van der Waals surface area contributed by atoms with Crippen LogP contribution in [0.25, 0.3) is 5.52 Å². The third-order valence-electron chi connectivity index (χ3n) is 6.56. The molecule has 2 atom stereocenters. The van der Waals surface area contributed by atoms with Crippen LogP contribution >= 0.6 is 0 Å². The molecule has 8 heteroatoms. The van der Waals surface area contributed by atoms with E-state index in [1.165, 1.54) is 15.7 Å². The zero-order valence-electron chi connectivity index (χ0n) is 16.6. The second-order valence-corrected chi connectivity index (χ2v) is 9.15. The fourth-order valence-electron chi connectivity index (χ4n) is 5.41. The first-order valence-electron chi connectivity index (χ1n) is 9.78. The number of hydrogen-bond acceptors (Lipinski definition) is 4. The largest absolute Gasteiger partial charge is 0.465 e. The van der Waals surface area contributed by atoms with Crippen molar-refractivity contribution in [3.8, 4) is 0 Å². The van der Waals surface area contributed by atoms with Crippen molar-refractivity contribution in [3.63, 3.8) is 0 Å². The summed E-state index contributed by atoms with van der Waals surface area (Å²) < 4.78 is 1.48. The fourth-order valence-corrected chi connectivity index (χ4v) is 5.41. The SMILES string of the molecule is CC(C)(C)C1C(CNC(=O)c2cnn3nccc3c2)C12CCN(C(=O)O)CC2. The highest BCUT2D eigenvalue weighted by atomic mass is 16.4. The van der Waals surface area contributed by atoms with Gasteiger partial charge in [0.15, 0.2) is 0 Å². The lowest BCUT2D eigenvalue weighted by Crippen LogP contribution is -2.40. The first-order valence-corrected chi connectivity index (χ1v) is 9.78. The first-order chi connectivity index (χ1) is 13.2. The molecule has 0 radical (unpaired) electrons. The highest BCUT2D eigenvalue weighted by Gasteiger charge is 2.67. The van der Waals surface area contributed by atoms with Gasteiger partial charge in [-0.15, -0.1) is 0 Å². The second-order valence-electron chi connectivity index (χ2n) is 9.15. The quantitative estimate of drug-likeness (QED) is 0.846. The van der Waals surface area contributed by atoms with Crippen molar-refractivity contribution in [2.45, 2.75) is 33.6 Å². The molecule has 2 aromatic rings. The Balaban J connectivity index is 1.44. The first kappa shape index (κ1) is 18.7. The molecule has 150 valence electrons. The third-order valence-corrected chi connectivity index (χ3v) is 6.56. The number of carboxylic acid groups (broad SMARTS) is 1. The van der Waals surface area contributed by atoms with E-state index in [0.717, 1.165) is 18.4 Å². The van der Waals surface area contributed by atoms with Crippen LogP contribution < -0.4 is 5.32 Å². The van der Waals surface area contributed by atoms with Gasteiger partial charge >= 0.3 is 6.09 Å². The summed E-state index contributed by atoms with van der Waals surface area (Å²) in [6, 6.07) is 3.59. The Hall–Kier alpha value is -2.64. The van der Waals surface area contributed by atoms with Gasteiger partial charge < -0.3 is 15.3 Å². The molecular formula is C20H27N5O3. The van der Waals surface area contributed by atoms with Crippen LogP contribution in [0, 0.1) is 22.7 Å². The van der Waals surface area contributed by atoms with Gasteiger partial charge in [-0.3, -0.25) is 4.79 Å². The molecule has 2 fully saturated rings. The van der Waals surface area contributed by atoms with E-state index in [2.05, 4.69) is 36.3 Å². The molecule has 2 unspecified atom stereocenters. The van der Waals surface area contributed by atoms with E-state index in [1.54, 1.807) is 12.3 Å². The van der Waals surface area contributed by atoms with Crippen molar-refractivity contribution in [2.75, 3.05) is 19.6 Å². The number of piperidine rings is 1. The average molecular weight is 385 g/mol. The van der Waals surface area contributed by atoms with E-state index in [-0.39, 0.29) is 16.7 Å². The van der Waals surface area contributed by atoms with Gasteiger partial charge in [-0.05, 0) is 47.6 Å². The third kappa shape index (κ3) is 3.10. The van der Waals surface area contributed by atoms with Crippen LogP contribution in [0.4, 0.5) is 4.79 Å². The molecule has 1 saturated carbocycles. The molecule has 8 nitrogen and oxygen atoms in total. The maximum absolute atomic E-state index is 12.6. The van der Waals surface area contributed by atoms with Crippen LogP contribution in [0.3, 0.4) is 0 Å². The van der Waals surface area contributed by atoms with Crippen molar-refractivity contribution >= 4 is 17.5 Å². The van der Waals surface area contributed by atoms with Gasteiger partial charge in [-0.2, -0.15) is 14.8 Å². The number of likely N-dealkylation sites (tertiary alicyclic amines) is 1. The van der Waals surface area contributed by atoms with Gasteiger partial charge in [-0.1, -0.05) is 20.8 Å². The standard InChI is InChI=1S/C20H27N5O3/c1-19(2,3)16-15(20(16)5-8-24(9-6-20)18(27)28)12-21-17(26)13-10-14-4-7-22-25(14)23-11-13/h4,7,10-11,15-16H,5-6,8-9,12H2,1-3H3,(H,21,26)(H,27,28). The van der Waals surface area contributed by atoms with Gasteiger partial charge in [0.25, 0.3) is 5.91 Å². The van der Waals surface area contributed by atoms with E-state index in [4.69, 9.17) is 0 Å². The highest BCUT2D eigenvalue weighted by molar-refractivity contribution is 5.94. The summed E-state index contributed by atoms with van der Waals surface area (Å²) in [5.74, 6) is 0.722. The van der Waals surface area contributed by atoms with Crippen LogP contribution in [-0.4, -0.2) is 56.5 Å². The predicted molar refractivity (Wildman–Crippen MR) is 103 cm³/mol. The summed E-state index contributed by atoms with van der Waals surface area (Å²) in [5.41, 5.74) is 1.56. The number of nitrogens with one attached hydrogen (secondary N) is 1. The monoisotopic (exact) mass is 385 g/mol. The molecule has 2 aliphatic rings. The summed E-state index contributed by atoms with van der Waals surface area (Å²) >= 11 is 0. The van der Waals surface area contributed by atoms with E-state index in [9.17, 15) is 14.7 Å². The van der Waals surface area contributed by atoms with Gasteiger partial charge in [0.05, 0.1) is 23.5 Å². The molecule has 2 aromatic heterocycles. The Morgan fingerprint density at radius 2 is 2.00 bits per heavy atom.